The predicted octanol–water partition coefficient (Wildman–Crippen LogP) is 4.77. The summed E-state index contributed by atoms with van der Waals surface area (Å²) >= 11 is 0. The van der Waals surface area contributed by atoms with Crippen LogP contribution >= 0.6 is 0 Å². The summed E-state index contributed by atoms with van der Waals surface area (Å²) in [5.74, 6) is 1.31. The zero-order valence-electron chi connectivity index (χ0n) is 12.7. The lowest BCUT2D eigenvalue weighted by atomic mass is 9.79. The Morgan fingerprint density at radius 2 is 1.45 bits per heavy atom. The topological polar surface area (TPSA) is 34.1 Å². The monoisotopic (exact) mass is 276 g/mol. The molecular formula is C18H28O2. The quantitative estimate of drug-likeness (QED) is 0.647. The van der Waals surface area contributed by atoms with Gasteiger partial charge >= 0.3 is 0 Å². The highest BCUT2D eigenvalue weighted by Crippen LogP contribution is 2.32. The van der Waals surface area contributed by atoms with Crippen LogP contribution in [0.1, 0.15) is 83.5 Å². The molecular weight excluding hydrogens is 248 g/mol. The summed E-state index contributed by atoms with van der Waals surface area (Å²) in [7, 11) is 0. The predicted molar refractivity (Wildman–Crippen MR) is 81.6 cm³/mol. The molecule has 2 nitrogen and oxygen atoms in total. The van der Waals surface area contributed by atoms with Crippen LogP contribution in [0.4, 0.5) is 0 Å². The average Bonchev–Trinajstić information content (AvgIpc) is 2.50. The van der Waals surface area contributed by atoms with E-state index in [-0.39, 0.29) is 0 Å². The third kappa shape index (κ3) is 4.88. The van der Waals surface area contributed by atoms with Gasteiger partial charge in [0.25, 0.3) is 0 Å². The maximum absolute atomic E-state index is 11.7. The molecule has 1 atom stereocenters. The van der Waals surface area contributed by atoms with E-state index in [0.717, 1.165) is 44.9 Å². The van der Waals surface area contributed by atoms with Crippen molar-refractivity contribution < 1.29 is 9.59 Å². The summed E-state index contributed by atoms with van der Waals surface area (Å²) in [5.41, 5.74) is 1.47. The Hall–Kier alpha value is -0.920. The Morgan fingerprint density at radius 1 is 0.750 bits per heavy atom. The minimum atomic E-state index is 0.328. The molecule has 3 rings (SSSR count). The van der Waals surface area contributed by atoms with E-state index in [0.29, 0.717) is 17.5 Å². The van der Waals surface area contributed by atoms with E-state index in [1.54, 1.807) is 0 Å². The van der Waals surface area contributed by atoms with Crippen molar-refractivity contribution in [1.29, 1.82) is 0 Å². The van der Waals surface area contributed by atoms with Gasteiger partial charge in [-0.3, -0.25) is 9.59 Å². The van der Waals surface area contributed by atoms with E-state index in [9.17, 15) is 9.59 Å². The molecule has 3 aliphatic carbocycles. The summed E-state index contributed by atoms with van der Waals surface area (Å²) in [5, 5.41) is 0. The number of allylic oxidation sites excluding steroid dienone is 2. The molecule has 0 aromatic carbocycles. The second-order valence-electron chi connectivity index (χ2n) is 6.39. The molecule has 0 aliphatic heterocycles. The first kappa shape index (κ1) is 15.5. The van der Waals surface area contributed by atoms with Crippen LogP contribution in [0.3, 0.4) is 0 Å². The number of ketones is 2. The van der Waals surface area contributed by atoms with Crippen molar-refractivity contribution in [1.82, 2.24) is 0 Å². The molecule has 3 aliphatic rings. The molecule has 0 radical (unpaired) electrons. The third-order valence-electron chi connectivity index (χ3n) is 4.74. The third-order valence-corrected chi connectivity index (χ3v) is 4.74. The first-order chi connectivity index (χ1) is 9.77. The SMILES string of the molecule is O=C1CCCCC1.O=C1CCCCC1C1=CCCCC1. The molecule has 112 valence electrons. The summed E-state index contributed by atoms with van der Waals surface area (Å²) in [6, 6.07) is 0. The van der Waals surface area contributed by atoms with Crippen molar-refractivity contribution in [3.63, 3.8) is 0 Å². The van der Waals surface area contributed by atoms with Crippen LogP contribution in [0.25, 0.3) is 0 Å². The van der Waals surface area contributed by atoms with Gasteiger partial charge in [-0.05, 0) is 51.4 Å². The average molecular weight is 276 g/mol. The lowest BCUT2D eigenvalue weighted by Crippen LogP contribution is -2.21. The highest BCUT2D eigenvalue weighted by atomic mass is 16.1. The molecule has 2 saturated carbocycles. The maximum atomic E-state index is 11.7. The molecule has 0 aromatic rings. The number of hydrogen-bond acceptors (Lipinski definition) is 2. The summed E-state index contributed by atoms with van der Waals surface area (Å²) in [6.45, 7) is 0. The van der Waals surface area contributed by atoms with E-state index in [1.807, 2.05) is 0 Å². The summed E-state index contributed by atoms with van der Waals surface area (Å²) < 4.78 is 0. The van der Waals surface area contributed by atoms with Crippen LogP contribution in [-0.2, 0) is 9.59 Å². The second kappa shape index (κ2) is 8.39. The van der Waals surface area contributed by atoms with Gasteiger partial charge in [-0.15, -0.1) is 0 Å². The van der Waals surface area contributed by atoms with Gasteiger partial charge in [-0.25, -0.2) is 0 Å². The minimum absolute atomic E-state index is 0.328. The van der Waals surface area contributed by atoms with Crippen LogP contribution < -0.4 is 0 Å². The first-order valence-electron chi connectivity index (χ1n) is 8.50. The van der Waals surface area contributed by atoms with Gasteiger partial charge in [0.2, 0.25) is 0 Å². The van der Waals surface area contributed by atoms with Crippen molar-refractivity contribution in [3.05, 3.63) is 11.6 Å². The highest BCUT2D eigenvalue weighted by molar-refractivity contribution is 5.84. The molecule has 20 heavy (non-hydrogen) atoms. The van der Waals surface area contributed by atoms with Gasteiger partial charge in [-0.2, -0.15) is 0 Å². The van der Waals surface area contributed by atoms with Crippen LogP contribution in [-0.4, -0.2) is 11.6 Å². The number of rotatable bonds is 1. The van der Waals surface area contributed by atoms with Crippen molar-refractivity contribution in [2.24, 2.45) is 5.92 Å². The molecule has 0 heterocycles. The van der Waals surface area contributed by atoms with E-state index in [1.165, 1.54) is 44.1 Å². The Balaban J connectivity index is 0.000000178. The molecule has 0 aromatic heterocycles. The molecule has 0 N–H and O–H groups in total. The Kier molecular flexibility index (Phi) is 6.49. The molecule has 1 unspecified atom stereocenters. The van der Waals surface area contributed by atoms with Gasteiger partial charge in [0.15, 0.2) is 0 Å². The second-order valence-corrected chi connectivity index (χ2v) is 6.39. The maximum Gasteiger partial charge on any atom is 0.139 e. The largest absolute Gasteiger partial charge is 0.300 e. The van der Waals surface area contributed by atoms with Crippen LogP contribution in [0, 0.1) is 5.92 Å². The summed E-state index contributed by atoms with van der Waals surface area (Å²) in [4.78, 5) is 22.1. The number of carbonyl (C=O) groups excluding carboxylic acids is 2. The van der Waals surface area contributed by atoms with Crippen molar-refractivity contribution in [2.45, 2.75) is 83.5 Å². The zero-order chi connectivity index (χ0) is 14.2. The van der Waals surface area contributed by atoms with Gasteiger partial charge in [0.05, 0.1) is 0 Å². The fourth-order valence-electron chi connectivity index (χ4n) is 3.50. The summed E-state index contributed by atoms with van der Waals surface area (Å²) in [6.07, 6.45) is 16.9. The van der Waals surface area contributed by atoms with Gasteiger partial charge < -0.3 is 0 Å². The van der Waals surface area contributed by atoms with E-state index in [2.05, 4.69) is 6.08 Å². The lowest BCUT2D eigenvalue weighted by Gasteiger charge is -2.25. The minimum Gasteiger partial charge on any atom is -0.300 e. The van der Waals surface area contributed by atoms with E-state index >= 15 is 0 Å². The van der Waals surface area contributed by atoms with E-state index in [4.69, 9.17) is 0 Å². The van der Waals surface area contributed by atoms with Gasteiger partial charge in [0, 0.05) is 25.2 Å². The van der Waals surface area contributed by atoms with Gasteiger partial charge in [0.1, 0.15) is 11.6 Å². The van der Waals surface area contributed by atoms with Crippen LogP contribution in [0.15, 0.2) is 11.6 Å². The van der Waals surface area contributed by atoms with Crippen LogP contribution in [0.2, 0.25) is 0 Å². The fraction of sp³-hybridized carbons (Fsp3) is 0.778. The number of carbonyl (C=O) groups is 2. The standard InChI is InChI=1S/C12H18O.C6H10O/c13-12-9-5-4-8-11(12)10-6-2-1-3-7-10;7-6-4-2-1-3-5-6/h6,11H,1-5,7-9H2;1-5H2. The highest BCUT2D eigenvalue weighted by Gasteiger charge is 2.25. The Morgan fingerprint density at radius 3 is 2.00 bits per heavy atom. The molecule has 0 amide bonds. The zero-order valence-corrected chi connectivity index (χ0v) is 12.7. The number of hydrogen-bond donors (Lipinski definition) is 0. The number of Topliss-reactive ketones (excluding diaryl/α,β-unsaturated/α-hetero) is 2. The Bertz CT molecular complexity index is 360. The van der Waals surface area contributed by atoms with Crippen molar-refractivity contribution in [2.75, 3.05) is 0 Å². The molecule has 0 saturated heterocycles. The van der Waals surface area contributed by atoms with Crippen LogP contribution in [0.5, 0.6) is 0 Å². The molecule has 2 fully saturated rings. The molecule has 0 spiro atoms. The normalized spacial score (nSPS) is 27.4. The molecule has 0 bridgehead atoms. The Labute approximate surface area is 123 Å². The van der Waals surface area contributed by atoms with Crippen molar-refractivity contribution in [3.8, 4) is 0 Å². The molecule has 2 heteroatoms. The lowest BCUT2D eigenvalue weighted by molar-refractivity contribution is -0.123. The first-order valence-corrected chi connectivity index (χ1v) is 8.50. The fourth-order valence-corrected chi connectivity index (χ4v) is 3.50. The van der Waals surface area contributed by atoms with Gasteiger partial charge in [-0.1, -0.05) is 24.5 Å². The van der Waals surface area contributed by atoms with E-state index < -0.39 is 0 Å². The van der Waals surface area contributed by atoms with Crippen molar-refractivity contribution >= 4 is 11.6 Å². The smallest absolute Gasteiger partial charge is 0.139 e.